The van der Waals surface area contributed by atoms with E-state index in [1.807, 2.05) is 66.8 Å². The number of aliphatic hydroxyl groups excluding tert-OH is 2. The molecule has 360 valence electrons. The van der Waals surface area contributed by atoms with Crippen molar-refractivity contribution in [1.82, 2.24) is 5.32 Å². The number of rotatable bonds is 43. The lowest BCUT2D eigenvalue weighted by Gasteiger charge is -2.23. The molecule has 0 saturated carbocycles. The fourth-order valence-corrected chi connectivity index (χ4v) is 6.83. The molecule has 6 heteroatoms. The van der Waals surface area contributed by atoms with E-state index in [1.165, 1.54) is 70.6 Å². The van der Waals surface area contributed by atoms with E-state index in [1.54, 1.807) is 6.08 Å². The first-order valence-corrected chi connectivity index (χ1v) is 25.5. The summed E-state index contributed by atoms with van der Waals surface area (Å²) in [6, 6.07) is -0.761. The highest BCUT2D eigenvalue weighted by Gasteiger charge is 2.23. The summed E-state index contributed by atoms with van der Waals surface area (Å²) < 4.78 is 5.80. The number of ether oxygens (including phenoxy) is 1. The topological polar surface area (TPSA) is 95.9 Å². The van der Waals surface area contributed by atoms with Crippen LogP contribution in [0.5, 0.6) is 0 Å². The van der Waals surface area contributed by atoms with Crippen LogP contribution in [0.1, 0.15) is 194 Å². The number of esters is 1. The van der Waals surface area contributed by atoms with Crippen LogP contribution in [0, 0.1) is 0 Å². The molecule has 64 heavy (non-hydrogen) atoms. The van der Waals surface area contributed by atoms with Gasteiger partial charge in [-0.15, -0.1) is 0 Å². The zero-order chi connectivity index (χ0) is 46.7. The lowest BCUT2D eigenvalue weighted by molar-refractivity contribution is -0.148. The molecule has 0 bridgehead atoms. The fourth-order valence-electron chi connectivity index (χ4n) is 6.83. The maximum absolute atomic E-state index is 13.2. The first kappa shape index (κ1) is 60.0. The third-order valence-corrected chi connectivity index (χ3v) is 10.6. The van der Waals surface area contributed by atoms with Crippen LogP contribution in [-0.4, -0.2) is 46.9 Å². The number of carbonyl (C=O) groups is 2. The summed E-state index contributed by atoms with van der Waals surface area (Å²) in [5.41, 5.74) is 0. The van der Waals surface area contributed by atoms with Crippen molar-refractivity contribution < 1.29 is 24.5 Å². The Bertz CT molecular complexity index is 1410. The number of hydrogen-bond acceptors (Lipinski definition) is 5. The van der Waals surface area contributed by atoms with Gasteiger partial charge in [-0.05, 0) is 70.3 Å². The Morgan fingerprint density at radius 1 is 0.500 bits per heavy atom. The highest BCUT2D eigenvalue weighted by molar-refractivity contribution is 5.78. The Kier molecular flexibility index (Phi) is 46.9. The van der Waals surface area contributed by atoms with Crippen molar-refractivity contribution in [3.63, 3.8) is 0 Å². The van der Waals surface area contributed by atoms with Gasteiger partial charge in [-0.1, -0.05) is 245 Å². The van der Waals surface area contributed by atoms with Gasteiger partial charge in [-0.3, -0.25) is 9.59 Å². The molecule has 0 aromatic rings. The summed E-state index contributed by atoms with van der Waals surface area (Å²) in [5.74, 6) is -0.694. The van der Waals surface area contributed by atoms with Crippen molar-refractivity contribution in [1.29, 1.82) is 0 Å². The summed E-state index contributed by atoms with van der Waals surface area (Å²) in [5, 5.41) is 23.7. The van der Waals surface area contributed by atoms with Gasteiger partial charge in [0.15, 0.2) is 0 Å². The van der Waals surface area contributed by atoms with Gasteiger partial charge in [0.05, 0.1) is 25.2 Å². The summed E-state index contributed by atoms with van der Waals surface area (Å²) >= 11 is 0. The van der Waals surface area contributed by atoms with Gasteiger partial charge in [0, 0.05) is 6.42 Å². The molecule has 0 aliphatic heterocycles. The third kappa shape index (κ3) is 44.6. The second-order valence-electron chi connectivity index (χ2n) is 16.6. The summed E-state index contributed by atoms with van der Waals surface area (Å²) in [6.45, 7) is 6.16. The van der Waals surface area contributed by atoms with Crippen LogP contribution in [0.4, 0.5) is 0 Å². The molecule has 0 heterocycles. The first-order valence-electron chi connectivity index (χ1n) is 25.5. The molecular formula is C58H93NO5. The van der Waals surface area contributed by atoms with E-state index < -0.39 is 18.2 Å². The van der Waals surface area contributed by atoms with E-state index in [-0.39, 0.29) is 31.3 Å². The Hall–Kier alpha value is -4.00. The maximum atomic E-state index is 13.2. The number of amides is 1. The quantitative estimate of drug-likeness (QED) is 0.0245. The molecule has 0 spiro atoms. The van der Waals surface area contributed by atoms with E-state index in [9.17, 15) is 19.8 Å². The van der Waals surface area contributed by atoms with Crippen LogP contribution >= 0.6 is 0 Å². The second-order valence-corrected chi connectivity index (χ2v) is 16.6. The van der Waals surface area contributed by atoms with Crippen molar-refractivity contribution in [3.8, 4) is 0 Å². The molecule has 3 unspecified atom stereocenters. The van der Waals surface area contributed by atoms with Crippen molar-refractivity contribution in [2.45, 2.75) is 212 Å². The summed E-state index contributed by atoms with van der Waals surface area (Å²) in [4.78, 5) is 26.1. The summed E-state index contributed by atoms with van der Waals surface area (Å²) in [7, 11) is 0. The van der Waals surface area contributed by atoms with Gasteiger partial charge in [0.1, 0.15) is 6.10 Å². The maximum Gasteiger partial charge on any atom is 0.306 e. The van der Waals surface area contributed by atoms with E-state index >= 15 is 0 Å². The van der Waals surface area contributed by atoms with E-state index in [4.69, 9.17) is 4.74 Å². The van der Waals surface area contributed by atoms with Gasteiger partial charge >= 0.3 is 5.97 Å². The zero-order valence-electron chi connectivity index (χ0n) is 40.9. The van der Waals surface area contributed by atoms with E-state index in [0.717, 1.165) is 70.6 Å². The van der Waals surface area contributed by atoms with Crippen molar-refractivity contribution in [3.05, 3.63) is 134 Å². The van der Waals surface area contributed by atoms with Crippen molar-refractivity contribution in [2.75, 3.05) is 6.61 Å². The van der Waals surface area contributed by atoms with Gasteiger partial charge in [-0.25, -0.2) is 0 Å². The molecule has 0 aromatic heterocycles. The Labute approximate surface area is 393 Å². The molecule has 0 rings (SSSR count). The highest BCUT2D eigenvalue weighted by atomic mass is 16.5. The van der Waals surface area contributed by atoms with Crippen LogP contribution in [0.2, 0.25) is 0 Å². The Morgan fingerprint density at radius 3 is 1.44 bits per heavy atom. The zero-order valence-corrected chi connectivity index (χ0v) is 40.9. The minimum Gasteiger partial charge on any atom is -0.458 e. The third-order valence-electron chi connectivity index (χ3n) is 10.6. The lowest BCUT2D eigenvalue weighted by Crippen LogP contribution is -2.46. The largest absolute Gasteiger partial charge is 0.458 e. The average Bonchev–Trinajstić information content (AvgIpc) is 3.29. The number of nitrogens with one attached hydrogen (secondary N) is 1. The molecule has 0 radical (unpaired) electrons. The van der Waals surface area contributed by atoms with Crippen LogP contribution in [0.25, 0.3) is 0 Å². The van der Waals surface area contributed by atoms with Crippen molar-refractivity contribution >= 4 is 11.9 Å². The van der Waals surface area contributed by atoms with Crippen molar-refractivity contribution in [2.24, 2.45) is 0 Å². The van der Waals surface area contributed by atoms with Gasteiger partial charge in [0.2, 0.25) is 5.91 Å². The average molecular weight is 884 g/mol. The van der Waals surface area contributed by atoms with Gasteiger partial charge < -0.3 is 20.3 Å². The molecule has 0 aromatic carbocycles. The minimum absolute atomic E-state index is 0.0734. The Balaban J connectivity index is 4.84. The van der Waals surface area contributed by atoms with Crippen LogP contribution < -0.4 is 5.32 Å². The molecule has 0 fully saturated rings. The molecule has 6 nitrogen and oxygen atoms in total. The van der Waals surface area contributed by atoms with E-state index in [0.29, 0.717) is 19.3 Å². The number of carbonyl (C=O) groups excluding carboxylic acids is 2. The van der Waals surface area contributed by atoms with Gasteiger partial charge in [0.25, 0.3) is 0 Å². The summed E-state index contributed by atoms with van der Waals surface area (Å²) in [6.07, 6.45) is 71.1. The van der Waals surface area contributed by atoms with Crippen LogP contribution in [-0.2, 0) is 14.3 Å². The second kappa shape index (κ2) is 50.0. The molecule has 0 saturated heterocycles. The van der Waals surface area contributed by atoms with Crippen LogP contribution in [0.15, 0.2) is 134 Å². The number of unbranched alkanes of at least 4 members (excludes halogenated alkanes) is 16. The monoisotopic (exact) mass is 884 g/mol. The molecular weight excluding hydrogens is 791 g/mol. The standard InChI is InChI=1S/C58H93NO5/c1-4-7-10-13-16-19-22-25-28-29-30-33-36-39-42-45-48-51-58(63)64-54(49-46-43-40-37-34-31-26-23-20-17-14-11-8-5-2)52-57(62)59-55(53-60)56(61)50-47-44-41-38-35-32-27-24-21-18-15-12-9-6-3/h7-8,10-11,13,16-17,19-20,22,25-26,28-31,33,36-37,40,46,49,54-56,60-61H,4-6,9,12,14-15,18,21,23-24,27,32,34-35,38-39,41-45,47-48,50-53H2,1-3H3,(H,59,62)/b10-7-,11-8+,16-13+,20-17+,22-19+,28-25-,30-29+,31-26+,36-33+,40-37+,49-46+. The smallest absolute Gasteiger partial charge is 0.306 e. The number of allylic oxidation sites excluding steroid dienone is 21. The predicted molar refractivity (Wildman–Crippen MR) is 277 cm³/mol. The Morgan fingerprint density at radius 2 is 0.938 bits per heavy atom. The molecule has 0 aliphatic carbocycles. The number of aliphatic hydroxyl groups is 2. The predicted octanol–water partition coefficient (Wildman–Crippen LogP) is 15.4. The van der Waals surface area contributed by atoms with Crippen LogP contribution in [0.3, 0.4) is 0 Å². The molecule has 0 aliphatic rings. The molecule has 3 atom stereocenters. The fraction of sp³-hybridized carbons (Fsp3) is 0.586. The van der Waals surface area contributed by atoms with E-state index in [2.05, 4.69) is 86.8 Å². The lowest BCUT2D eigenvalue weighted by atomic mass is 10.0. The van der Waals surface area contributed by atoms with Gasteiger partial charge in [-0.2, -0.15) is 0 Å². The minimum atomic E-state index is -0.836. The first-order chi connectivity index (χ1) is 31.5. The molecule has 1 amide bonds. The highest BCUT2D eigenvalue weighted by Crippen LogP contribution is 2.15. The molecule has 3 N–H and O–H groups in total. The SMILES string of the molecule is CC\C=C/C=C/C=C/C=C\C=C\C=C\CCCCCC(=O)OC(/C=C/C/C=C/C/C=C/C/C=C/C/C=C/CC)CC(=O)NC(CO)C(O)CCCCCCCCCCCCCCCC. The normalized spacial score (nSPS) is 14.4. The number of hydrogen-bond donors (Lipinski definition) is 3.